The molecule has 1 fully saturated rings. The Morgan fingerprint density at radius 3 is 2.47 bits per heavy atom. The van der Waals surface area contributed by atoms with Crippen molar-refractivity contribution >= 4 is 15.9 Å². The van der Waals surface area contributed by atoms with Crippen LogP contribution in [0.4, 0.5) is 0 Å². The van der Waals surface area contributed by atoms with Crippen LogP contribution in [-0.4, -0.2) is 5.11 Å². The highest BCUT2D eigenvalue weighted by molar-refractivity contribution is 9.10. The Kier molecular flexibility index (Phi) is 3.72. The molecule has 1 nitrogen and oxygen atoms in total. The topological polar surface area (TPSA) is 20.2 Å². The van der Waals surface area contributed by atoms with Gasteiger partial charge >= 0.3 is 0 Å². The largest absolute Gasteiger partial charge is 0.388 e. The van der Waals surface area contributed by atoms with Crippen LogP contribution in [0.2, 0.25) is 0 Å². The molecule has 0 spiro atoms. The molecule has 2 aromatic carbocycles. The molecule has 3 rings (SSSR count). The standard InChI is InChI=1S/C17H17BrO/c18-16-3-1-2-12(10-16)11-17(19)15-8-6-14(7-9-15)13-4-5-13/h1-3,6-10,13,17,19H,4-5,11H2. The minimum absolute atomic E-state index is 0.428. The number of halogens is 1. The van der Waals surface area contributed by atoms with E-state index in [1.54, 1.807) is 0 Å². The maximum Gasteiger partial charge on any atom is 0.0830 e. The molecule has 1 aliphatic carbocycles. The first-order chi connectivity index (χ1) is 9.22. The van der Waals surface area contributed by atoms with Crippen molar-refractivity contribution in [3.63, 3.8) is 0 Å². The van der Waals surface area contributed by atoms with Crippen molar-refractivity contribution in [2.24, 2.45) is 0 Å². The van der Waals surface area contributed by atoms with Gasteiger partial charge in [0, 0.05) is 10.9 Å². The zero-order valence-electron chi connectivity index (χ0n) is 10.7. The number of benzene rings is 2. The molecule has 0 aliphatic heterocycles. The van der Waals surface area contributed by atoms with Crippen LogP contribution in [0.5, 0.6) is 0 Å². The second kappa shape index (κ2) is 5.48. The Labute approximate surface area is 122 Å². The fraction of sp³-hybridized carbons (Fsp3) is 0.294. The summed E-state index contributed by atoms with van der Waals surface area (Å²) in [5.41, 5.74) is 3.57. The summed E-state index contributed by atoms with van der Waals surface area (Å²) in [5, 5.41) is 10.3. The monoisotopic (exact) mass is 316 g/mol. The van der Waals surface area contributed by atoms with Gasteiger partial charge in [0.2, 0.25) is 0 Å². The average Bonchev–Trinajstić information content (AvgIpc) is 3.23. The molecule has 1 unspecified atom stereocenters. The summed E-state index contributed by atoms with van der Waals surface area (Å²) in [6, 6.07) is 16.6. The molecular weight excluding hydrogens is 300 g/mol. The van der Waals surface area contributed by atoms with Crippen LogP contribution in [0.1, 0.15) is 41.6 Å². The molecular formula is C17H17BrO. The molecule has 1 atom stereocenters. The molecule has 98 valence electrons. The van der Waals surface area contributed by atoms with E-state index in [1.165, 1.54) is 18.4 Å². The Balaban J connectivity index is 1.70. The summed E-state index contributed by atoms with van der Waals surface area (Å²) >= 11 is 3.46. The van der Waals surface area contributed by atoms with Gasteiger partial charge in [0.15, 0.2) is 0 Å². The summed E-state index contributed by atoms with van der Waals surface area (Å²) in [6.45, 7) is 0. The zero-order valence-corrected chi connectivity index (χ0v) is 12.3. The van der Waals surface area contributed by atoms with Gasteiger partial charge in [-0.1, -0.05) is 52.3 Å². The second-order valence-electron chi connectivity index (χ2n) is 5.29. The van der Waals surface area contributed by atoms with E-state index in [-0.39, 0.29) is 0 Å². The van der Waals surface area contributed by atoms with Crippen molar-refractivity contribution < 1.29 is 5.11 Å². The first-order valence-electron chi connectivity index (χ1n) is 6.75. The molecule has 19 heavy (non-hydrogen) atoms. The summed E-state index contributed by atoms with van der Waals surface area (Å²) in [6.07, 6.45) is 2.87. The zero-order chi connectivity index (χ0) is 13.2. The lowest BCUT2D eigenvalue weighted by Gasteiger charge is -2.12. The van der Waals surface area contributed by atoms with Crippen molar-refractivity contribution in [1.82, 2.24) is 0 Å². The van der Waals surface area contributed by atoms with Gasteiger partial charge in [-0.25, -0.2) is 0 Å². The van der Waals surface area contributed by atoms with Crippen LogP contribution in [0.15, 0.2) is 53.0 Å². The minimum Gasteiger partial charge on any atom is -0.388 e. The van der Waals surface area contributed by atoms with Crippen molar-refractivity contribution in [3.8, 4) is 0 Å². The van der Waals surface area contributed by atoms with Gasteiger partial charge in [-0.3, -0.25) is 0 Å². The van der Waals surface area contributed by atoms with Crippen molar-refractivity contribution in [2.75, 3.05) is 0 Å². The first kappa shape index (κ1) is 12.9. The number of aliphatic hydroxyl groups is 1. The number of rotatable bonds is 4. The third kappa shape index (κ3) is 3.26. The van der Waals surface area contributed by atoms with Gasteiger partial charge in [-0.2, -0.15) is 0 Å². The number of hydrogen-bond acceptors (Lipinski definition) is 1. The molecule has 1 aliphatic rings. The average molecular weight is 317 g/mol. The predicted molar refractivity (Wildman–Crippen MR) is 81.2 cm³/mol. The highest BCUT2D eigenvalue weighted by Gasteiger charge is 2.23. The third-order valence-corrected chi connectivity index (χ3v) is 4.18. The molecule has 0 saturated heterocycles. The van der Waals surface area contributed by atoms with E-state index in [0.717, 1.165) is 21.5 Å². The number of hydrogen-bond donors (Lipinski definition) is 1. The van der Waals surface area contributed by atoms with Gasteiger partial charge in [-0.15, -0.1) is 0 Å². The molecule has 1 saturated carbocycles. The Morgan fingerprint density at radius 1 is 1.11 bits per heavy atom. The summed E-state index contributed by atoms with van der Waals surface area (Å²) < 4.78 is 1.06. The predicted octanol–water partition coefficient (Wildman–Crippen LogP) is 4.60. The number of aliphatic hydroxyl groups excluding tert-OH is 1. The molecule has 0 heterocycles. The fourth-order valence-electron chi connectivity index (χ4n) is 2.41. The summed E-state index contributed by atoms with van der Waals surface area (Å²) in [7, 11) is 0. The van der Waals surface area contributed by atoms with E-state index >= 15 is 0 Å². The van der Waals surface area contributed by atoms with E-state index in [1.807, 2.05) is 18.2 Å². The van der Waals surface area contributed by atoms with Crippen LogP contribution in [0.25, 0.3) is 0 Å². The van der Waals surface area contributed by atoms with E-state index in [0.29, 0.717) is 6.42 Å². The van der Waals surface area contributed by atoms with E-state index in [2.05, 4.69) is 46.3 Å². The van der Waals surface area contributed by atoms with Gasteiger partial charge in [0.05, 0.1) is 6.10 Å². The molecule has 1 N–H and O–H groups in total. The Morgan fingerprint density at radius 2 is 1.84 bits per heavy atom. The third-order valence-electron chi connectivity index (χ3n) is 3.69. The SMILES string of the molecule is OC(Cc1cccc(Br)c1)c1ccc(C2CC2)cc1. The molecule has 0 amide bonds. The fourth-order valence-corrected chi connectivity index (χ4v) is 2.86. The normalized spacial score (nSPS) is 16.3. The maximum atomic E-state index is 10.3. The quantitative estimate of drug-likeness (QED) is 0.873. The van der Waals surface area contributed by atoms with Gasteiger partial charge in [0.1, 0.15) is 0 Å². The van der Waals surface area contributed by atoms with E-state index in [9.17, 15) is 5.11 Å². The van der Waals surface area contributed by atoms with Crippen molar-refractivity contribution in [1.29, 1.82) is 0 Å². The van der Waals surface area contributed by atoms with E-state index < -0.39 is 6.10 Å². The molecule has 0 aromatic heterocycles. The Hall–Kier alpha value is -1.12. The highest BCUT2D eigenvalue weighted by atomic mass is 79.9. The molecule has 0 radical (unpaired) electrons. The van der Waals surface area contributed by atoms with Gasteiger partial charge < -0.3 is 5.11 Å². The van der Waals surface area contributed by atoms with Crippen molar-refractivity contribution in [3.05, 3.63) is 69.7 Å². The van der Waals surface area contributed by atoms with Crippen LogP contribution in [0, 0.1) is 0 Å². The van der Waals surface area contributed by atoms with Crippen LogP contribution < -0.4 is 0 Å². The summed E-state index contributed by atoms with van der Waals surface area (Å²) in [5.74, 6) is 0.774. The maximum absolute atomic E-state index is 10.3. The van der Waals surface area contributed by atoms with Crippen LogP contribution in [-0.2, 0) is 6.42 Å². The smallest absolute Gasteiger partial charge is 0.0830 e. The van der Waals surface area contributed by atoms with Gasteiger partial charge in [-0.05, 0) is 47.6 Å². The second-order valence-corrected chi connectivity index (χ2v) is 6.21. The summed E-state index contributed by atoms with van der Waals surface area (Å²) in [4.78, 5) is 0. The molecule has 0 bridgehead atoms. The first-order valence-corrected chi connectivity index (χ1v) is 7.54. The lowest BCUT2D eigenvalue weighted by Crippen LogP contribution is -2.01. The molecule has 2 aromatic rings. The van der Waals surface area contributed by atoms with Gasteiger partial charge in [0.25, 0.3) is 0 Å². The van der Waals surface area contributed by atoms with Crippen LogP contribution >= 0.6 is 15.9 Å². The lowest BCUT2D eigenvalue weighted by atomic mass is 9.99. The van der Waals surface area contributed by atoms with E-state index in [4.69, 9.17) is 0 Å². The van der Waals surface area contributed by atoms with Crippen molar-refractivity contribution in [2.45, 2.75) is 31.3 Å². The lowest BCUT2D eigenvalue weighted by molar-refractivity contribution is 0.178. The van der Waals surface area contributed by atoms with Crippen LogP contribution in [0.3, 0.4) is 0 Å². The Bertz CT molecular complexity index is 558. The highest BCUT2D eigenvalue weighted by Crippen LogP contribution is 2.40. The minimum atomic E-state index is -0.428. The molecule has 2 heteroatoms.